The molecule has 0 bridgehead atoms. The van der Waals surface area contributed by atoms with Crippen molar-refractivity contribution in [2.24, 2.45) is 5.73 Å². The number of nitrogens with zero attached hydrogens (tertiary/aromatic N) is 4. The van der Waals surface area contributed by atoms with Gasteiger partial charge in [0.1, 0.15) is 17.9 Å². The van der Waals surface area contributed by atoms with Crippen LogP contribution in [0.2, 0.25) is 0 Å². The Hall–Kier alpha value is -3.43. The lowest BCUT2D eigenvalue weighted by Crippen LogP contribution is -2.22. The summed E-state index contributed by atoms with van der Waals surface area (Å²) >= 11 is 0. The normalized spacial score (nSPS) is 12.6. The van der Waals surface area contributed by atoms with Crippen LogP contribution in [-0.4, -0.2) is 32.0 Å². The lowest BCUT2D eigenvalue weighted by molar-refractivity contribution is -0.274. The highest BCUT2D eigenvalue weighted by Gasteiger charge is 2.34. The molecule has 0 saturated carbocycles. The lowest BCUT2D eigenvalue weighted by Gasteiger charge is -2.20. The maximum absolute atomic E-state index is 12.8. The Balaban J connectivity index is 2.14. The third-order valence-electron chi connectivity index (χ3n) is 3.82. The molecule has 0 fully saturated rings. The number of hydrogen-bond donors (Lipinski definition) is 1. The maximum Gasteiger partial charge on any atom is 0.573 e. The van der Waals surface area contributed by atoms with Crippen LogP contribution in [0.25, 0.3) is 5.82 Å². The second kappa shape index (κ2) is 7.06. The number of benzene rings is 1. The van der Waals surface area contributed by atoms with Crippen LogP contribution in [0.3, 0.4) is 0 Å². The van der Waals surface area contributed by atoms with Crippen molar-refractivity contribution < 1.29 is 22.7 Å². The number of halogens is 3. The molecule has 1 atom stereocenters. The molecule has 140 valence electrons. The monoisotopic (exact) mass is 377 g/mol. The van der Waals surface area contributed by atoms with Gasteiger partial charge in [0, 0.05) is 23.2 Å². The molecule has 3 aromatic rings. The summed E-state index contributed by atoms with van der Waals surface area (Å²) in [5.41, 5.74) is 5.22. The molecule has 27 heavy (non-hydrogen) atoms. The third-order valence-corrected chi connectivity index (χ3v) is 3.82. The second-order valence-electron chi connectivity index (χ2n) is 5.57. The molecule has 7 nitrogen and oxygen atoms in total. The minimum absolute atomic E-state index is 0.0347. The van der Waals surface area contributed by atoms with Crippen molar-refractivity contribution in [3.05, 3.63) is 65.9 Å². The zero-order chi connectivity index (χ0) is 19.6. The number of alkyl halides is 3. The van der Waals surface area contributed by atoms with Crippen molar-refractivity contribution >= 4 is 5.91 Å². The number of ether oxygens (including phenoxy) is 1. The smallest absolute Gasteiger partial charge is 0.405 e. The van der Waals surface area contributed by atoms with E-state index in [0.717, 1.165) is 6.07 Å². The summed E-state index contributed by atoms with van der Waals surface area (Å²) in [5.74, 6) is -1.51. The molecular formula is C17H14F3N5O2. The number of aromatic nitrogens is 4. The molecule has 1 aromatic carbocycles. The number of carbonyl (C=O) groups is 1. The predicted octanol–water partition coefficient (Wildman–Crippen LogP) is 2.81. The number of nitrogens with two attached hydrogens (primary N) is 1. The molecule has 0 spiro atoms. The van der Waals surface area contributed by atoms with Crippen molar-refractivity contribution in [3.63, 3.8) is 0 Å². The van der Waals surface area contributed by atoms with Crippen LogP contribution in [0.4, 0.5) is 13.2 Å². The fourth-order valence-corrected chi connectivity index (χ4v) is 2.75. The molecule has 0 aliphatic rings. The molecule has 0 saturated heterocycles. The van der Waals surface area contributed by atoms with Crippen LogP contribution in [0, 0.1) is 0 Å². The van der Waals surface area contributed by atoms with Crippen molar-refractivity contribution in [1.82, 2.24) is 19.7 Å². The molecule has 2 N–H and O–H groups in total. The fourth-order valence-electron chi connectivity index (χ4n) is 2.75. The summed E-state index contributed by atoms with van der Waals surface area (Å²) in [6.45, 7) is 1.58. The van der Waals surface area contributed by atoms with Crippen molar-refractivity contribution in [3.8, 4) is 11.6 Å². The van der Waals surface area contributed by atoms with E-state index in [-0.39, 0.29) is 17.0 Å². The number of pyridine rings is 1. The third kappa shape index (κ3) is 3.89. The van der Waals surface area contributed by atoms with E-state index in [1.807, 2.05) is 0 Å². The standard InChI is InChI=1S/C17H14F3N5O2/c1-10(16-23-9-24-25(16)13-7-2-3-8-22-13)14-11(15(21)26)5-4-6-12(14)27-17(18,19)20/h2-10H,1H3,(H2,21,26). The van der Waals surface area contributed by atoms with Gasteiger partial charge in [0.2, 0.25) is 5.91 Å². The number of carbonyl (C=O) groups excluding carboxylic acids is 1. The van der Waals surface area contributed by atoms with Gasteiger partial charge in [-0.1, -0.05) is 19.1 Å². The number of primary amides is 1. The van der Waals surface area contributed by atoms with Gasteiger partial charge in [-0.2, -0.15) is 9.78 Å². The van der Waals surface area contributed by atoms with E-state index in [9.17, 15) is 18.0 Å². The first-order valence-electron chi connectivity index (χ1n) is 7.77. The molecular weight excluding hydrogens is 363 g/mol. The average molecular weight is 377 g/mol. The van der Waals surface area contributed by atoms with Gasteiger partial charge in [0.05, 0.1) is 0 Å². The van der Waals surface area contributed by atoms with Gasteiger partial charge in [-0.3, -0.25) is 4.79 Å². The second-order valence-corrected chi connectivity index (χ2v) is 5.57. The summed E-state index contributed by atoms with van der Waals surface area (Å²) in [4.78, 5) is 20.1. The van der Waals surface area contributed by atoms with E-state index in [0.29, 0.717) is 5.82 Å². The lowest BCUT2D eigenvalue weighted by atomic mass is 9.93. The molecule has 2 aromatic heterocycles. The van der Waals surface area contributed by atoms with E-state index in [1.165, 1.54) is 23.1 Å². The van der Waals surface area contributed by atoms with Gasteiger partial charge in [0.25, 0.3) is 0 Å². The Morgan fingerprint density at radius 3 is 2.59 bits per heavy atom. The van der Waals surface area contributed by atoms with Crippen LogP contribution < -0.4 is 10.5 Å². The molecule has 10 heteroatoms. The summed E-state index contributed by atoms with van der Waals surface area (Å²) in [6, 6.07) is 8.82. The van der Waals surface area contributed by atoms with E-state index in [4.69, 9.17) is 5.73 Å². The van der Waals surface area contributed by atoms with Crippen LogP contribution in [0.5, 0.6) is 5.75 Å². The van der Waals surface area contributed by atoms with Crippen LogP contribution in [0.15, 0.2) is 48.9 Å². The molecule has 2 heterocycles. The van der Waals surface area contributed by atoms with Crippen LogP contribution in [0.1, 0.15) is 34.6 Å². The summed E-state index contributed by atoms with van der Waals surface area (Å²) in [7, 11) is 0. The Labute approximate surface area is 151 Å². The minimum atomic E-state index is -4.93. The van der Waals surface area contributed by atoms with Crippen LogP contribution >= 0.6 is 0 Å². The van der Waals surface area contributed by atoms with E-state index >= 15 is 0 Å². The first-order valence-corrected chi connectivity index (χ1v) is 7.77. The van der Waals surface area contributed by atoms with E-state index in [2.05, 4.69) is 19.8 Å². The highest BCUT2D eigenvalue weighted by molar-refractivity contribution is 5.95. The first-order chi connectivity index (χ1) is 12.8. The van der Waals surface area contributed by atoms with Gasteiger partial charge in [-0.05, 0) is 24.3 Å². The number of hydrogen-bond acceptors (Lipinski definition) is 5. The summed E-state index contributed by atoms with van der Waals surface area (Å²) in [6.07, 6.45) is -2.14. The molecule has 1 amide bonds. The van der Waals surface area contributed by atoms with Crippen LogP contribution in [-0.2, 0) is 0 Å². The van der Waals surface area contributed by atoms with Gasteiger partial charge >= 0.3 is 6.36 Å². The number of amides is 1. The molecule has 0 aliphatic heterocycles. The quantitative estimate of drug-likeness (QED) is 0.738. The fraction of sp³-hybridized carbons (Fsp3) is 0.176. The molecule has 1 unspecified atom stereocenters. The van der Waals surface area contributed by atoms with Gasteiger partial charge in [-0.15, -0.1) is 13.2 Å². The Morgan fingerprint density at radius 1 is 1.19 bits per heavy atom. The predicted molar refractivity (Wildman–Crippen MR) is 88.3 cm³/mol. The van der Waals surface area contributed by atoms with E-state index < -0.39 is 23.9 Å². The zero-order valence-electron chi connectivity index (χ0n) is 14.0. The first kappa shape index (κ1) is 18.4. The van der Waals surface area contributed by atoms with Crippen molar-refractivity contribution in [2.75, 3.05) is 0 Å². The molecule has 0 radical (unpaired) electrons. The van der Waals surface area contributed by atoms with Crippen molar-refractivity contribution in [1.29, 1.82) is 0 Å². The highest BCUT2D eigenvalue weighted by Crippen LogP contribution is 2.36. The van der Waals surface area contributed by atoms with Gasteiger partial charge in [0.15, 0.2) is 5.82 Å². The summed E-state index contributed by atoms with van der Waals surface area (Å²) in [5, 5.41) is 4.08. The topological polar surface area (TPSA) is 95.9 Å². The largest absolute Gasteiger partial charge is 0.573 e. The number of rotatable bonds is 5. The maximum atomic E-state index is 12.8. The van der Waals surface area contributed by atoms with Gasteiger partial charge in [-0.25, -0.2) is 9.97 Å². The van der Waals surface area contributed by atoms with Gasteiger partial charge < -0.3 is 10.5 Å². The minimum Gasteiger partial charge on any atom is -0.405 e. The Morgan fingerprint density at radius 2 is 1.96 bits per heavy atom. The molecule has 0 aliphatic carbocycles. The Bertz CT molecular complexity index is 957. The Kier molecular flexibility index (Phi) is 4.80. The zero-order valence-corrected chi connectivity index (χ0v) is 14.0. The SMILES string of the molecule is CC(c1c(OC(F)(F)F)cccc1C(N)=O)c1ncnn1-c1ccccn1. The molecule has 3 rings (SSSR count). The summed E-state index contributed by atoms with van der Waals surface area (Å²) < 4.78 is 44.0. The van der Waals surface area contributed by atoms with Crippen molar-refractivity contribution in [2.45, 2.75) is 19.2 Å². The highest BCUT2D eigenvalue weighted by atomic mass is 19.4. The van der Waals surface area contributed by atoms with E-state index in [1.54, 1.807) is 31.3 Å². The average Bonchev–Trinajstić information content (AvgIpc) is 3.10.